The van der Waals surface area contributed by atoms with Crippen molar-refractivity contribution in [3.8, 4) is 16.9 Å². The maximum absolute atomic E-state index is 13.3. The molecule has 3 N–H and O–H groups in total. The van der Waals surface area contributed by atoms with E-state index >= 15 is 0 Å². The van der Waals surface area contributed by atoms with E-state index in [1.54, 1.807) is 35.3 Å². The van der Waals surface area contributed by atoms with Gasteiger partial charge in [-0.2, -0.15) is 0 Å². The zero-order valence-electron chi connectivity index (χ0n) is 20.2. The Morgan fingerprint density at radius 2 is 1.81 bits per heavy atom. The lowest BCUT2D eigenvalue weighted by atomic mass is 9.95. The van der Waals surface area contributed by atoms with Crippen LogP contribution in [0.25, 0.3) is 22.2 Å². The van der Waals surface area contributed by atoms with Crippen LogP contribution >= 0.6 is 0 Å². The number of aromatic amines is 1. The zero-order chi connectivity index (χ0) is 24.9. The first kappa shape index (κ1) is 23.3. The van der Waals surface area contributed by atoms with Crippen LogP contribution in [0.1, 0.15) is 29.8 Å². The molecule has 2 heterocycles. The molecule has 6 heteroatoms. The van der Waals surface area contributed by atoms with E-state index in [1.165, 1.54) is 5.56 Å². The highest BCUT2D eigenvalue weighted by Gasteiger charge is 2.22. The van der Waals surface area contributed by atoms with Gasteiger partial charge in [-0.3, -0.25) is 9.78 Å². The molecule has 1 atom stereocenters. The smallest absolute Gasteiger partial charge is 0.262 e. The summed E-state index contributed by atoms with van der Waals surface area (Å²) in [5.41, 5.74) is 6.92. The number of amides is 1. The molecule has 0 aliphatic rings. The van der Waals surface area contributed by atoms with Crippen LogP contribution in [0.15, 0.2) is 97.5 Å². The number of aromatic nitrogens is 3. The normalized spacial score (nSPS) is 11.9. The van der Waals surface area contributed by atoms with E-state index in [4.69, 9.17) is 4.98 Å². The minimum absolute atomic E-state index is 0.113. The number of H-pyrrole nitrogens is 1. The number of nitrogens with zero attached hydrogens (tertiary/aromatic N) is 2. The fourth-order valence-electron chi connectivity index (χ4n) is 4.55. The molecule has 5 rings (SSSR count). The number of hydrogen-bond donors (Lipinski definition) is 3. The molecule has 2 aromatic heterocycles. The third kappa shape index (κ3) is 5.13. The van der Waals surface area contributed by atoms with Gasteiger partial charge in [-0.1, -0.05) is 67.6 Å². The number of rotatable bonds is 8. The first-order valence-corrected chi connectivity index (χ1v) is 12.2. The van der Waals surface area contributed by atoms with E-state index in [0.29, 0.717) is 6.42 Å². The Labute approximate surface area is 210 Å². The lowest BCUT2D eigenvalue weighted by molar-refractivity contribution is -0.658. The predicted molar refractivity (Wildman–Crippen MR) is 140 cm³/mol. The van der Waals surface area contributed by atoms with Gasteiger partial charge in [-0.25, -0.2) is 9.55 Å². The van der Waals surface area contributed by atoms with Gasteiger partial charge in [0.25, 0.3) is 5.91 Å². The number of imidazole rings is 1. The number of nitrogens with one attached hydrogen (secondary N) is 2. The highest BCUT2D eigenvalue weighted by atomic mass is 16.3. The Kier molecular flexibility index (Phi) is 6.76. The van der Waals surface area contributed by atoms with Crippen LogP contribution in [0, 0.1) is 0 Å². The predicted octanol–water partition coefficient (Wildman–Crippen LogP) is 4.89. The second-order valence-corrected chi connectivity index (χ2v) is 8.90. The molecule has 0 unspecified atom stereocenters. The van der Waals surface area contributed by atoms with Crippen molar-refractivity contribution in [2.75, 3.05) is 0 Å². The fourth-order valence-corrected chi connectivity index (χ4v) is 4.55. The standard InChI is InChI=1S/C30H28N4O2/c1-2-21-10-12-23(13-11-21)25-9-6-16-31-30(25)27(17-22-7-4-3-5-8-22)33-29(36)19-34-20-32-26-15-14-24(35)18-28(26)34/h3-16,18,20,27H,2,17,19H2,1H3,(H2,33,35,36)/p+1/t27-/m0/s1. The Morgan fingerprint density at radius 3 is 2.58 bits per heavy atom. The second-order valence-electron chi connectivity index (χ2n) is 8.90. The van der Waals surface area contributed by atoms with Gasteiger partial charge in [0.2, 0.25) is 6.33 Å². The van der Waals surface area contributed by atoms with E-state index in [0.717, 1.165) is 39.8 Å². The second kappa shape index (κ2) is 10.4. The quantitative estimate of drug-likeness (QED) is 0.279. The molecule has 0 spiro atoms. The SMILES string of the molecule is CCc1ccc(-c2cccnc2[C@H](Cc2ccccc2)NC(=O)C[n+]2c[nH]c3ccc(O)cc32)cc1. The molecule has 0 saturated heterocycles. The first-order chi connectivity index (χ1) is 17.6. The molecule has 6 nitrogen and oxygen atoms in total. The van der Waals surface area contributed by atoms with Crippen molar-refractivity contribution in [3.05, 3.63) is 114 Å². The lowest BCUT2D eigenvalue weighted by Crippen LogP contribution is -2.43. The average molecular weight is 478 g/mol. The molecule has 1 amide bonds. The lowest BCUT2D eigenvalue weighted by Gasteiger charge is -2.21. The number of aromatic hydroxyl groups is 1. The number of phenolic OH excluding ortho intramolecular Hbond substituents is 1. The molecular formula is C30H29N4O2+. The highest BCUT2D eigenvalue weighted by Crippen LogP contribution is 2.29. The maximum Gasteiger partial charge on any atom is 0.262 e. The number of fused-ring (bicyclic) bond motifs is 1. The van der Waals surface area contributed by atoms with Gasteiger partial charge in [0, 0.05) is 17.8 Å². The number of benzene rings is 3. The summed E-state index contributed by atoms with van der Waals surface area (Å²) in [7, 11) is 0. The van der Waals surface area contributed by atoms with Crippen LogP contribution in [0.4, 0.5) is 0 Å². The molecule has 0 saturated carbocycles. The van der Waals surface area contributed by atoms with Crippen LogP contribution in [0.3, 0.4) is 0 Å². The monoisotopic (exact) mass is 477 g/mol. The molecule has 5 aromatic rings. The van der Waals surface area contributed by atoms with E-state index in [9.17, 15) is 9.90 Å². The van der Waals surface area contributed by atoms with Crippen molar-refractivity contribution >= 4 is 16.9 Å². The van der Waals surface area contributed by atoms with E-state index in [-0.39, 0.29) is 24.2 Å². The van der Waals surface area contributed by atoms with Gasteiger partial charge in [0.05, 0.1) is 11.7 Å². The number of pyridine rings is 1. The summed E-state index contributed by atoms with van der Waals surface area (Å²) >= 11 is 0. The van der Waals surface area contributed by atoms with Crippen molar-refractivity contribution in [2.45, 2.75) is 32.4 Å². The fraction of sp³-hybridized carbons (Fsp3) is 0.167. The molecule has 36 heavy (non-hydrogen) atoms. The summed E-state index contributed by atoms with van der Waals surface area (Å²) < 4.78 is 1.80. The summed E-state index contributed by atoms with van der Waals surface area (Å²) in [4.78, 5) is 21.2. The minimum Gasteiger partial charge on any atom is -0.508 e. The van der Waals surface area contributed by atoms with Gasteiger partial charge in [0.15, 0.2) is 17.6 Å². The molecule has 180 valence electrons. The van der Waals surface area contributed by atoms with Crippen LogP contribution in [-0.2, 0) is 24.2 Å². The van der Waals surface area contributed by atoms with Crippen LogP contribution in [0.5, 0.6) is 5.75 Å². The van der Waals surface area contributed by atoms with Gasteiger partial charge >= 0.3 is 0 Å². The first-order valence-electron chi connectivity index (χ1n) is 12.2. The number of aryl methyl sites for hydroxylation is 1. The summed E-state index contributed by atoms with van der Waals surface area (Å²) in [5, 5.41) is 13.1. The zero-order valence-corrected chi connectivity index (χ0v) is 20.2. The van der Waals surface area contributed by atoms with Crippen molar-refractivity contribution in [3.63, 3.8) is 0 Å². The van der Waals surface area contributed by atoms with Gasteiger partial charge < -0.3 is 10.4 Å². The number of carbonyl (C=O) groups is 1. The third-order valence-corrected chi connectivity index (χ3v) is 6.44. The number of phenols is 1. The summed E-state index contributed by atoms with van der Waals surface area (Å²) in [6, 6.07) is 27.4. The van der Waals surface area contributed by atoms with E-state index < -0.39 is 0 Å². The number of hydrogen-bond acceptors (Lipinski definition) is 3. The third-order valence-electron chi connectivity index (χ3n) is 6.44. The molecule has 0 aliphatic heterocycles. The van der Waals surface area contributed by atoms with Crippen LogP contribution in [0.2, 0.25) is 0 Å². The van der Waals surface area contributed by atoms with Crippen molar-refractivity contribution < 1.29 is 14.5 Å². The molecule has 3 aromatic carbocycles. The highest BCUT2D eigenvalue weighted by molar-refractivity contribution is 5.78. The van der Waals surface area contributed by atoms with Gasteiger partial charge in [-0.05, 0) is 47.7 Å². The van der Waals surface area contributed by atoms with Crippen molar-refractivity contribution in [2.24, 2.45) is 0 Å². The van der Waals surface area contributed by atoms with Crippen LogP contribution in [-0.4, -0.2) is 21.0 Å². The van der Waals surface area contributed by atoms with Gasteiger partial charge in [-0.15, -0.1) is 0 Å². The van der Waals surface area contributed by atoms with Gasteiger partial charge in [0.1, 0.15) is 5.75 Å². The van der Waals surface area contributed by atoms with Crippen molar-refractivity contribution in [1.29, 1.82) is 0 Å². The van der Waals surface area contributed by atoms with Crippen LogP contribution < -0.4 is 9.88 Å². The average Bonchev–Trinajstić information content (AvgIpc) is 3.30. The maximum atomic E-state index is 13.3. The molecular weight excluding hydrogens is 448 g/mol. The van der Waals surface area contributed by atoms with Crippen molar-refractivity contribution in [1.82, 2.24) is 15.3 Å². The van der Waals surface area contributed by atoms with E-state index in [1.807, 2.05) is 24.3 Å². The molecule has 0 fully saturated rings. The topological polar surface area (TPSA) is 81.9 Å². The number of carbonyl (C=O) groups excluding carboxylic acids is 1. The molecule has 0 aliphatic carbocycles. The van der Waals surface area contributed by atoms with E-state index in [2.05, 4.69) is 59.7 Å². The minimum atomic E-state index is -0.318. The Bertz CT molecular complexity index is 1480. The Balaban J connectivity index is 1.46. The summed E-state index contributed by atoms with van der Waals surface area (Å²) in [5.74, 6) is 0.0218. The Morgan fingerprint density at radius 1 is 1.00 bits per heavy atom. The largest absolute Gasteiger partial charge is 0.508 e. The molecule has 0 bridgehead atoms. The summed E-state index contributed by atoms with van der Waals surface area (Å²) in [6.07, 6.45) is 5.12. The molecule has 0 radical (unpaired) electrons. The Hall–Kier alpha value is -4.45. The summed E-state index contributed by atoms with van der Waals surface area (Å²) in [6.45, 7) is 2.26.